The topological polar surface area (TPSA) is 139 Å². The molecule has 1 heterocycles. The number of halogens is 1. The van der Waals surface area contributed by atoms with E-state index in [0.717, 1.165) is 12.5 Å². The van der Waals surface area contributed by atoms with Crippen LogP contribution in [0.5, 0.6) is 0 Å². The van der Waals surface area contributed by atoms with Gasteiger partial charge < -0.3 is 10.6 Å². The highest BCUT2D eigenvalue weighted by Crippen LogP contribution is 2.28. The second-order valence-electron chi connectivity index (χ2n) is 6.32. The van der Waals surface area contributed by atoms with Crippen LogP contribution in [0.3, 0.4) is 0 Å². The van der Waals surface area contributed by atoms with Gasteiger partial charge in [0.2, 0.25) is 16.0 Å². The number of aryl methyl sites for hydroxylation is 1. The van der Waals surface area contributed by atoms with Crippen molar-refractivity contribution in [2.24, 2.45) is 0 Å². The van der Waals surface area contributed by atoms with E-state index in [4.69, 9.17) is 0 Å². The van der Waals surface area contributed by atoms with Gasteiger partial charge in [0.15, 0.2) is 11.6 Å². The van der Waals surface area contributed by atoms with Gasteiger partial charge >= 0.3 is 0 Å². The molecule has 0 saturated heterocycles. The number of sulfonamides is 1. The van der Waals surface area contributed by atoms with E-state index in [1.165, 1.54) is 12.1 Å². The number of nitrogens with one attached hydrogen (secondary N) is 3. The smallest absolute Gasteiger partial charge is 0.274 e. The second-order valence-corrected chi connectivity index (χ2v) is 8.07. The van der Waals surface area contributed by atoms with Gasteiger partial charge in [-0.1, -0.05) is 18.2 Å². The van der Waals surface area contributed by atoms with Gasteiger partial charge in [0.05, 0.1) is 28.8 Å². The molecule has 0 spiro atoms. The molecule has 1 aromatic heterocycles. The molecular formula is C18H17FN6O4S. The standard InChI is InChI=1S/C18H17FN6O4S/c1-11-7-8-12(9-16(11)25(26)27)21-18-20-10-13(19)17(23-18)22-14-5-3-4-6-15(14)24-30(2,28)29/h3-10,24H,1-2H3,(H2,20,21,22,23). The van der Waals surface area contributed by atoms with Crippen molar-refractivity contribution in [3.05, 3.63) is 70.2 Å². The lowest BCUT2D eigenvalue weighted by Gasteiger charge is -2.13. The molecule has 156 valence electrons. The Kier molecular flexibility index (Phi) is 5.78. The van der Waals surface area contributed by atoms with Crippen LogP contribution < -0.4 is 15.4 Å². The zero-order chi connectivity index (χ0) is 21.9. The molecule has 10 nitrogen and oxygen atoms in total. The number of anilines is 5. The molecule has 0 unspecified atom stereocenters. The minimum absolute atomic E-state index is 0.00870. The van der Waals surface area contributed by atoms with Crippen LogP contribution in [0.25, 0.3) is 0 Å². The summed E-state index contributed by atoms with van der Waals surface area (Å²) in [7, 11) is -3.55. The monoisotopic (exact) mass is 432 g/mol. The molecule has 0 saturated carbocycles. The molecular weight excluding hydrogens is 415 g/mol. The van der Waals surface area contributed by atoms with Gasteiger partial charge in [0.1, 0.15) is 0 Å². The minimum Gasteiger partial charge on any atom is -0.336 e. The van der Waals surface area contributed by atoms with E-state index in [9.17, 15) is 22.9 Å². The van der Waals surface area contributed by atoms with Crippen molar-refractivity contribution in [2.45, 2.75) is 6.92 Å². The first-order valence-corrected chi connectivity index (χ1v) is 10.4. The molecule has 12 heteroatoms. The largest absolute Gasteiger partial charge is 0.336 e. The SMILES string of the molecule is Cc1ccc(Nc2ncc(F)c(Nc3ccccc3NS(C)(=O)=O)n2)cc1[N+](=O)[O-]. The summed E-state index contributed by atoms with van der Waals surface area (Å²) in [6.07, 6.45) is 1.92. The second kappa shape index (κ2) is 8.29. The molecule has 2 aromatic carbocycles. The third-order valence-corrected chi connectivity index (χ3v) is 4.47. The van der Waals surface area contributed by atoms with Gasteiger partial charge in [0, 0.05) is 17.3 Å². The quantitative estimate of drug-likeness (QED) is 0.379. The number of aromatic nitrogens is 2. The van der Waals surface area contributed by atoms with E-state index in [1.54, 1.807) is 37.3 Å². The van der Waals surface area contributed by atoms with Crippen LogP contribution >= 0.6 is 0 Å². The van der Waals surface area contributed by atoms with Crippen molar-refractivity contribution >= 4 is 44.5 Å². The Morgan fingerprint density at radius 1 is 1.10 bits per heavy atom. The zero-order valence-corrected chi connectivity index (χ0v) is 16.7. The maximum atomic E-state index is 14.2. The van der Waals surface area contributed by atoms with Crippen LogP contribution in [0.1, 0.15) is 5.56 Å². The van der Waals surface area contributed by atoms with Crippen LogP contribution in [0.4, 0.5) is 38.9 Å². The van der Waals surface area contributed by atoms with E-state index in [1.807, 2.05) is 0 Å². The maximum Gasteiger partial charge on any atom is 0.274 e. The summed E-state index contributed by atoms with van der Waals surface area (Å²) in [4.78, 5) is 18.5. The molecule has 3 aromatic rings. The first kappa shape index (κ1) is 20.9. The average Bonchev–Trinajstić information content (AvgIpc) is 2.66. The molecule has 0 aliphatic carbocycles. The lowest BCUT2D eigenvalue weighted by Crippen LogP contribution is -2.11. The summed E-state index contributed by atoms with van der Waals surface area (Å²) < 4.78 is 39.6. The number of hydrogen-bond donors (Lipinski definition) is 3. The zero-order valence-electron chi connectivity index (χ0n) is 15.9. The molecule has 3 rings (SSSR count). The number of benzene rings is 2. The summed E-state index contributed by atoms with van der Waals surface area (Å²) in [5.41, 5.74) is 1.24. The Morgan fingerprint density at radius 3 is 2.47 bits per heavy atom. The van der Waals surface area contributed by atoms with Gasteiger partial charge in [0.25, 0.3) is 5.69 Å². The lowest BCUT2D eigenvalue weighted by molar-refractivity contribution is -0.385. The van der Waals surface area contributed by atoms with Crippen molar-refractivity contribution in [2.75, 3.05) is 21.6 Å². The van der Waals surface area contributed by atoms with Crippen LogP contribution in [-0.2, 0) is 10.0 Å². The molecule has 0 amide bonds. The van der Waals surface area contributed by atoms with Gasteiger partial charge in [-0.15, -0.1) is 0 Å². The van der Waals surface area contributed by atoms with Gasteiger partial charge in [-0.25, -0.2) is 17.8 Å². The fraction of sp³-hybridized carbons (Fsp3) is 0.111. The van der Waals surface area contributed by atoms with E-state index in [0.29, 0.717) is 11.3 Å². The minimum atomic E-state index is -3.55. The Bertz CT molecular complexity index is 1220. The van der Waals surface area contributed by atoms with Gasteiger partial charge in [-0.2, -0.15) is 4.98 Å². The molecule has 0 bridgehead atoms. The molecule has 30 heavy (non-hydrogen) atoms. The normalized spacial score (nSPS) is 11.0. The number of nitrogens with zero attached hydrogens (tertiary/aromatic N) is 3. The molecule has 0 atom stereocenters. The van der Waals surface area contributed by atoms with Crippen molar-refractivity contribution < 1.29 is 17.7 Å². The van der Waals surface area contributed by atoms with E-state index in [-0.39, 0.29) is 28.8 Å². The van der Waals surface area contributed by atoms with Crippen LogP contribution in [0, 0.1) is 22.9 Å². The van der Waals surface area contributed by atoms with Crippen molar-refractivity contribution in [1.29, 1.82) is 0 Å². The highest BCUT2D eigenvalue weighted by molar-refractivity contribution is 7.92. The fourth-order valence-corrected chi connectivity index (χ4v) is 3.11. The van der Waals surface area contributed by atoms with Gasteiger partial charge in [-0.3, -0.25) is 14.8 Å². The predicted molar refractivity (Wildman–Crippen MR) is 111 cm³/mol. The first-order chi connectivity index (χ1) is 14.1. The molecule has 0 aliphatic heterocycles. The summed E-state index contributed by atoms with van der Waals surface area (Å²) in [5.74, 6) is -0.993. The van der Waals surface area contributed by atoms with Crippen molar-refractivity contribution in [3.63, 3.8) is 0 Å². The highest BCUT2D eigenvalue weighted by atomic mass is 32.2. The Hall–Kier alpha value is -3.80. The summed E-state index contributed by atoms with van der Waals surface area (Å²) in [6.45, 7) is 1.61. The van der Waals surface area contributed by atoms with E-state index < -0.39 is 20.8 Å². The Morgan fingerprint density at radius 2 is 1.80 bits per heavy atom. The van der Waals surface area contributed by atoms with Crippen molar-refractivity contribution in [1.82, 2.24) is 9.97 Å². The average molecular weight is 432 g/mol. The Labute approximate surface area is 171 Å². The third kappa shape index (κ3) is 5.17. The number of nitro groups is 1. The third-order valence-electron chi connectivity index (χ3n) is 3.88. The number of nitro benzene ring substituents is 1. The molecule has 0 fully saturated rings. The van der Waals surface area contributed by atoms with E-state index in [2.05, 4.69) is 25.3 Å². The first-order valence-electron chi connectivity index (χ1n) is 8.51. The fourth-order valence-electron chi connectivity index (χ4n) is 2.54. The maximum absolute atomic E-state index is 14.2. The summed E-state index contributed by atoms with van der Waals surface area (Å²) in [6, 6.07) is 10.8. The number of para-hydroxylation sites is 2. The van der Waals surface area contributed by atoms with Gasteiger partial charge in [-0.05, 0) is 25.1 Å². The summed E-state index contributed by atoms with van der Waals surface area (Å²) in [5, 5.41) is 16.6. The number of rotatable bonds is 7. The lowest BCUT2D eigenvalue weighted by atomic mass is 10.2. The van der Waals surface area contributed by atoms with Crippen molar-refractivity contribution in [3.8, 4) is 0 Å². The summed E-state index contributed by atoms with van der Waals surface area (Å²) >= 11 is 0. The van der Waals surface area contributed by atoms with Crippen LogP contribution in [-0.4, -0.2) is 29.6 Å². The highest BCUT2D eigenvalue weighted by Gasteiger charge is 2.14. The molecule has 3 N–H and O–H groups in total. The predicted octanol–water partition coefficient (Wildman–Crippen LogP) is 3.69. The Balaban J connectivity index is 1.89. The van der Waals surface area contributed by atoms with Crippen LogP contribution in [0.2, 0.25) is 0 Å². The molecule has 0 aliphatic rings. The number of hydrogen-bond acceptors (Lipinski definition) is 8. The van der Waals surface area contributed by atoms with Crippen LogP contribution in [0.15, 0.2) is 48.7 Å². The molecule has 0 radical (unpaired) electrons. The van der Waals surface area contributed by atoms with E-state index >= 15 is 0 Å².